The number of aldehydes is 1. The Morgan fingerprint density at radius 3 is 2.50 bits per heavy atom. The normalized spacial score (nSPS) is 11.4. The fraction of sp³-hybridized carbons (Fsp3) is 0.250. The Balaban J connectivity index is 2.82. The zero-order valence-electron chi connectivity index (χ0n) is 8.16. The van der Waals surface area contributed by atoms with E-state index < -0.39 is 0 Å². The van der Waals surface area contributed by atoms with E-state index in [0.717, 1.165) is 23.8 Å². The maximum Gasteiger partial charge on any atom is 0.143 e. The Kier molecular flexibility index (Phi) is 4.41. The van der Waals surface area contributed by atoms with Crippen LogP contribution in [0, 0.1) is 0 Å². The molecule has 14 heavy (non-hydrogen) atoms. The van der Waals surface area contributed by atoms with Crippen LogP contribution < -0.4 is 0 Å². The van der Waals surface area contributed by atoms with Crippen molar-refractivity contribution in [3.05, 3.63) is 41.5 Å². The molecule has 0 aliphatic carbocycles. The highest BCUT2D eigenvalue weighted by molar-refractivity contribution is 6.17. The van der Waals surface area contributed by atoms with Gasteiger partial charge in [0, 0.05) is 5.88 Å². The maximum absolute atomic E-state index is 10.3. The molecule has 0 amide bonds. The summed E-state index contributed by atoms with van der Waals surface area (Å²) in [6.07, 6.45) is 3.26. The summed E-state index contributed by atoms with van der Waals surface area (Å²) < 4.78 is 0. The summed E-state index contributed by atoms with van der Waals surface area (Å²) in [7, 11) is 0. The van der Waals surface area contributed by atoms with Crippen molar-refractivity contribution in [3.8, 4) is 0 Å². The van der Waals surface area contributed by atoms with Crippen LogP contribution in [0.3, 0.4) is 0 Å². The Morgan fingerprint density at radius 1 is 1.36 bits per heavy atom. The summed E-state index contributed by atoms with van der Waals surface area (Å²) >= 11 is 5.63. The molecule has 0 aromatic heterocycles. The number of rotatable bonds is 4. The van der Waals surface area contributed by atoms with E-state index in [-0.39, 0.29) is 0 Å². The predicted octanol–water partition coefficient (Wildman–Crippen LogP) is 3.07. The quantitative estimate of drug-likeness (QED) is 0.422. The van der Waals surface area contributed by atoms with Crippen LogP contribution in [0.4, 0.5) is 0 Å². The second-order valence-corrected chi connectivity index (χ2v) is 3.50. The number of carbonyl (C=O) groups is 1. The minimum atomic E-state index is 0.641. The molecule has 1 aromatic carbocycles. The molecule has 0 atom stereocenters. The van der Waals surface area contributed by atoms with Gasteiger partial charge in [0.1, 0.15) is 6.29 Å². The van der Waals surface area contributed by atoms with Crippen LogP contribution in [-0.4, -0.2) is 12.2 Å². The van der Waals surface area contributed by atoms with Gasteiger partial charge in [0.25, 0.3) is 0 Å². The summed E-state index contributed by atoms with van der Waals surface area (Å²) in [5, 5.41) is 0. The number of alkyl halides is 1. The Bertz CT molecular complexity index is 325. The van der Waals surface area contributed by atoms with Gasteiger partial charge in [0.15, 0.2) is 0 Å². The second-order valence-electron chi connectivity index (χ2n) is 3.12. The summed E-state index contributed by atoms with van der Waals surface area (Å²) in [4.78, 5) is 10.3. The molecular weight excluding hydrogens is 196 g/mol. The average molecular weight is 209 g/mol. The minimum Gasteiger partial charge on any atom is -0.299 e. The third-order valence-corrected chi connectivity index (χ3v) is 2.30. The number of hydrogen-bond donors (Lipinski definition) is 0. The molecule has 1 aromatic rings. The fourth-order valence-corrected chi connectivity index (χ4v) is 1.46. The molecule has 0 spiro atoms. The van der Waals surface area contributed by atoms with Crippen molar-refractivity contribution in [1.82, 2.24) is 0 Å². The standard InChI is InChI=1S/C12H13ClO/c1-10(7-9-14)12-4-2-11(3-5-12)6-8-13/h2-5,7,9H,6,8H2,1H3. The van der Waals surface area contributed by atoms with Crippen molar-refractivity contribution in [1.29, 1.82) is 0 Å². The van der Waals surface area contributed by atoms with E-state index in [1.807, 2.05) is 31.2 Å². The lowest BCUT2D eigenvalue weighted by Gasteiger charge is -2.02. The van der Waals surface area contributed by atoms with Gasteiger partial charge in [-0.15, -0.1) is 11.6 Å². The van der Waals surface area contributed by atoms with Gasteiger partial charge in [-0.3, -0.25) is 4.79 Å². The first-order chi connectivity index (χ1) is 6.77. The van der Waals surface area contributed by atoms with E-state index >= 15 is 0 Å². The SMILES string of the molecule is CC(=CC=O)c1ccc(CCCl)cc1. The minimum absolute atomic E-state index is 0.641. The molecule has 0 aliphatic rings. The first-order valence-electron chi connectivity index (χ1n) is 4.55. The van der Waals surface area contributed by atoms with E-state index in [9.17, 15) is 4.79 Å². The van der Waals surface area contributed by atoms with Crippen LogP contribution >= 0.6 is 11.6 Å². The van der Waals surface area contributed by atoms with E-state index in [4.69, 9.17) is 11.6 Å². The third-order valence-electron chi connectivity index (χ3n) is 2.11. The molecule has 0 heterocycles. The number of carbonyl (C=O) groups excluding carboxylic acids is 1. The van der Waals surface area contributed by atoms with Crippen LogP contribution in [0.5, 0.6) is 0 Å². The largest absolute Gasteiger partial charge is 0.299 e. The van der Waals surface area contributed by atoms with Crippen LogP contribution in [0.1, 0.15) is 18.1 Å². The smallest absolute Gasteiger partial charge is 0.143 e. The molecule has 2 heteroatoms. The van der Waals surface area contributed by atoms with Gasteiger partial charge in [-0.1, -0.05) is 24.3 Å². The molecule has 0 aliphatic heterocycles. The van der Waals surface area contributed by atoms with Crippen molar-refractivity contribution in [2.45, 2.75) is 13.3 Å². The van der Waals surface area contributed by atoms with Gasteiger partial charge >= 0.3 is 0 Å². The number of hydrogen-bond acceptors (Lipinski definition) is 1. The highest BCUT2D eigenvalue weighted by Gasteiger charge is 1.95. The predicted molar refractivity (Wildman–Crippen MR) is 60.6 cm³/mol. The molecule has 0 radical (unpaired) electrons. The molecule has 74 valence electrons. The first-order valence-corrected chi connectivity index (χ1v) is 5.08. The first kappa shape index (κ1) is 11.0. The molecule has 0 saturated carbocycles. The van der Waals surface area contributed by atoms with Crippen molar-refractivity contribution in [2.75, 3.05) is 5.88 Å². The third kappa shape index (κ3) is 3.00. The van der Waals surface area contributed by atoms with Crippen LogP contribution in [0.25, 0.3) is 5.57 Å². The monoisotopic (exact) mass is 208 g/mol. The van der Waals surface area contributed by atoms with Crippen molar-refractivity contribution >= 4 is 23.5 Å². The highest BCUT2D eigenvalue weighted by atomic mass is 35.5. The van der Waals surface area contributed by atoms with Crippen molar-refractivity contribution in [2.24, 2.45) is 0 Å². The van der Waals surface area contributed by atoms with Crippen LogP contribution in [0.2, 0.25) is 0 Å². The zero-order valence-corrected chi connectivity index (χ0v) is 8.92. The average Bonchev–Trinajstić information content (AvgIpc) is 2.20. The van der Waals surface area contributed by atoms with Crippen LogP contribution in [-0.2, 0) is 11.2 Å². The molecule has 1 nitrogen and oxygen atoms in total. The molecular formula is C12H13ClO. The number of benzene rings is 1. The number of halogens is 1. The lowest BCUT2D eigenvalue weighted by Crippen LogP contribution is -1.87. The second kappa shape index (κ2) is 5.61. The lowest BCUT2D eigenvalue weighted by molar-refractivity contribution is -0.104. The van der Waals surface area contributed by atoms with E-state index in [1.54, 1.807) is 6.08 Å². The van der Waals surface area contributed by atoms with Crippen molar-refractivity contribution in [3.63, 3.8) is 0 Å². The van der Waals surface area contributed by atoms with Gasteiger partial charge in [-0.25, -0.2) is 0 Å². The molecule has 0 saturated heterocycles. The fourth-order valence-electron chi connectivity index (χ4n) is 1.24. The van der Waals surface area contributed by atoms with Crippen LogP contribution in [0.15, 0.2) is 30.3 Å². The van der Waals surface area contributed by atoms with E-state index in [0.29, 0.717) is 5.88 Å². The van der Waals surface area contributed by atoms with Gasteiger partial charge in [0.05, 0.1) is 0 Å². The molecule has 0 N–H and O–H groups in total. The van der Waals surface area contributed by atoms with Gasteiger partial charge in [0.2, 0.25) is 0 Å². The highest BCUT2D eigenvalue weighted by Crippen LogP contribution is 2.14. The molecule has 0 unspecified atom stereocenters. The number of allylic oxidation sites excluding steroid dienone is 2. The Morgan fingerprint density at radius 2 is 2.00 bits per heavy atom. The molecule has 0 bridgehead atoms. The zero-order chi connectivity index (χ0) is 10.4. The summed E-state index contributed by atoms with van der Waals surface area (Å²) in [6, 6.07) is 8.11. The summed E-state index contributed by atoms with van der Waals surface area (Å²) in [6.45, 7) is 1.92. The Hall–Kier alpha value is -1.08. The van der Waals surface area contributed by atoms with Gasteiger partial charge in [-0.05, 0) is 36.1 Å². The van der Waals surface area contributed by atoms with Gasteiger partial charge in [-0.2, -0.15) is 0 Å². The van der Waals surface area contributed by atoms with E-state index in [1.165, 1.54) is 5.56 Å². The van der Waals surface area contributed by atoms with Crippen molar-refractivity contribution < 1.29 is 4.79 Å². The number of aryl methyl sites for hydroxylation is 1. The maximum atomic E-state index is 10.3. The van der Waals surface area contributed by atoms with Gasteiger partial charge < -0.3 is 0 Å². The summed E-state index contributed by atoms with van der Waals surface area (Å²) in [5.41, 5.74) is 3.29. The lowest BCUT2D eigenvalue weighted by atomic mass is 10.0. The molecule has 0 fully saturated rings. The van der Waals surface area contributed by atoms with E-state index in [2.05, 4.69) is 0 Å². The Labute approximate surface area is 89.4 Å². The topological polar surface area (TPSA) is 17.1 Å². The summed E-state index contributed by atoms with van der Waals surface area (Å²) in [5.74, 6) is 0.641. The molecule has 1 rings (SSSR count).